The lowest BCUT2D eigenvalue weighted by Crippen LogP contribution is -2.01. The number of imidazole rings is 1. The number of hydrogen-bond acceptors (Lipinski definition) is 6. The molecular formula is C14H13N7. The SMILES string of the molecule is CNc1nc(Nc2ccc(CC#N)cc2)c2[nH]cnc2n1. The highest BCUT2D eigenvalue weighted by atomic mass is 15.2. The van der Waals surface area contributed by atoms with Crippen LogP contribution in [0.3, 0.4) is 0 Å². The Balaban J connectivity index is 1.93. The maximum atomic E-state index is 8.68. The number of nitriles is 1. The predicted octanol–water partition coefficient (Wildman–Crippen LogP) is 2.20. The molecule has 3 N–H and O–H groups in total. The fourth-order valence-electron chi connectivity index (χ4n) is 1.97. The lowest BCUT2D eigenvalue weighted by molar-refractivity contribution is 1.18. The number of rotatable bonds is 4. The van der Waals surface area contributed by atoms with Gasteiger partial charge in [-0.2, -0.15) is 15.2 Å². The normalized spacial score (nSPS) is 10.3. The molecule has 0 spiro atoms. The fraction of sp³-hybridized carbons (Fsp3) is 0.143. The van der Waals surface area contributed by atoms with Crippen LogP contribution >= 0.6 is 0 Å². The number of H-pyrrole nitrogens is 1. The van der Waals surface area contributed by atoms with E-state index in [2.05, 4.69) is 36.6 Å². The highest BCUT2D eigenvalue weighted by molar-refractivity contribution is 5.86. The molecule has 3 aromatic rings. The first-order chi connectivity index (χ1) is 10.3. The summed E-state index contributed by atoms with van der Waals surface area (Å²) in [5.41, 5.74) is 3.20. The van der Waals surface area contributed by atoms with Gasteiger partial charge in [0.05, 0.1) is 18.8 Å². The minimum absolute atomic E-state index is 0.405. The van der Waals surface area contributed by atoms with Crippen LogP contribution in [-0.2, 0) is 6.42 Å². The molecule has 0 radical (unpaired) electrons. The van der Waals surface area contributed by atoms with Gasteiger partial charge in [-0.25, -0.2) is 4.98 Å². The van der Waals surface area contributed by atoms with Crippen molar-refractivity contribution in [1.29, 1.82) is 5.26 Å². The zero-order valence-electron chi connectivity index (χ0n) is 11.4. The van der Waals surface area contributed by atoms with E-state index in [4.69, 9.17) is 5.26 Å². The summed E-state index contributed by atoms with van der Waals surface area (Å²) in [5.74, 6) is 1.15. The molecule has 0 aliphatic rings. The summed E-state index contributed by atoms with van der Waals surface area (Å²) in [7, 11) is 1.76. The van der Waals surface area contributed by atoms with Crippen LogP contribution in [0.5, 0.6) is 0 Å². The zero-order chi connectivity index (χ0) is 14.7. The quantitative estimate of drug-likeness (QED) is 0.676. The van der Waals surface area contributed by atoms with Gasteiger partial charge in [-0.05, 0) is 17.7 Å². The average Bonchev–Trinajstić information content (AvgIpc) is 2.98. The average molecular weight is 279 g/mol. The topological polar surface area (TPSA) is 102 Å². The van der Waals surface area contributed by atoms with Crippen molar-refractivity contribution in [1.82, 2.24) is 19.9 Å². The molecule has 7 heteroatoms. The van der Waals surface area contributed by atoms with Crippen molar-refractivity contribution in [3.05, 3.63) is 36.2 Å². The van der Waals surface area contributed by atoms with E-state index in [1.54, 1.807) is 13.4 Å². The highest BCUT2D eigenvalue weighted by Crippen LogP contribution is 2.22. The first-order valence-electron chi connectivity index (χ1n) is 6.42. The second-order valence-electron chi connectivity index (χ2n) is 4.40. The Morgan fingerprint density at radius 1 is 1.24 bits per heavy atom. The molecule has 0 fully saturated rings. The van der Waals surface area contributed by atoms with Crippen molar-refractivity contribution >= 4 is 28.6 Å². The van der Waals surface area contributed by atoms with Crippen molar-refractivity contribution in [3.63, 3.8) is 0 Å². The van der Waals surface area contributed by atoms with Crippen LogP contribution < -0.4 is 10.6 Å². The summed E-state index contributed by atoms with van der Waals surface area (Å²) in [6, 6.07) is 9.78. The number of aromatic amines is 1. The summed E-state index contributed by atoms with van der Waals surface area (Å²) in [5, 5.41) is 14.8. The molecule has 0 amide bonds. The van der Waals surface area contributed by atoms with Crippen LogP contribution in [0.15, 0.2) is 30.6 Å². The first kappa shape index (κ1) is 12.9. The molecule has 104 valence electrons. The summed E-state index contributed by atoms with van der Waals surface area (Å²) < 4.78 is 0. The van der Waals surface area contributed by atoms with Crippen molar-refractivity contribution in [2.75, 3.05) is 17.7 Å². The number of aromatic nitrogens is 4. The first-order valence-corrected chi connectivity index (χ1v) is 6.42. The minimum atomic E-state index is 0.405. The van der Waals surface area contributed by atoms with E-state index in [0.717, 1.165) is 16.8 Å². The molecule has 0 bridgehead atoms. The van der Waals surface area contributed by atoms with Crippen molar-refractivity contribution in [2.45, 2.75) is 6.42 Å². The van der Waals surface area contributed by atoms with Crippen LogP contribution in [0, 0.1) is 11.3 Å². The summed E-state index contributed by atoms with van der Waals surface area (Å²) in [6.07, 6.45) is 1.99. The maximum Gasteiger partial charge on any atom is 0.226 e. The van der Waals surface area contributed by atoms with Gasteiger partial charge in [0.1, 0.15) is 5.52 Å². The molecule has 2 heterocycles. The smallest absolute Gasteiger partial charge is 0.226 e. The van der Waals surface area contributed by atoms with Gasteiger partial charge in [0.2, 0.25) is 5.95 Å². The molecule has 2 aromatic heterocycles. The van der Waals surface area contributed by atoms with E-state index in [-0.39, 0.29) is 0 Å². The largest absolute Gasteiger partial charge is 0.357 e. The van der Waals surface area contributed by atoms with Crippen molar-refractivity contribution in [3.8, 4) is 6.07 Å². The number of anilines is 3. The number of benzene rings is 1. The molecule has 0 saturated carbocycles. The zero-order valence-corrected chi connectivity index (χ0v) is 11.4. The van der Waals surface area contributed by atoms with Crippen molar-refractivity contribution < 1.29 is 0 Å². The third kappa shape index (κ3) is 2.60. The fourth-order valence-corrected chi connectivity index (χ4v) is 1.97. The van der Waals surface area contributed by atoms with E-state index in [1.165, 1.54) is 0 Å². The number of nitrogens with one attached hydrogen (secondary N) is 3. The minimum Gasteiger partial charge on any atom is -0.357 e. The van der Waals surface area contributed by atoms with Gasteiger partial charge in [0, 0.05) is 12.7 Å². The number of hydrogen-bond donors (Lipinski definition) is 3. The number of nitrogens with zero attached hydrogens (tertiary/aromatic N) is 4. The lowest BCUT2D eigenvalue weighted by atomic mass is 10.1. The number of fused-ring (bicyclic) bond motifs is 1. The van der Waals surface area contributed by atoms with Gasteiger partial charge >= 0.3 is 0 Å². The molecule has 0 saturated heterocycles. The summed E-state index contributed by atoms with van der Waals surface area (Å²) in [6.45, 7) is 0. The lowest BCUT2D eigenvalue weighted by Gasteiger charge is -2.08. The Bertz CT molecular complexity index is 798. The van der Waals surface area contributed by atoms with E-state index in [1.807, 2.05) is 24.3 Å². The second-order valence-corrected chi connectivity index (χ2v) is 4.40. The van der Waals surface area contributed by atoms with Crippen molar-refractivity contribution in [2.24, 2.45) is 0 Å². The van der Waals surface area contributed by atoms with Gasteiger partial charge in [0.15, 0.2) is 11.5 Å². The molecule has 0 aliphatic heterocycles. The van der Waals surface area contributed by atoms with Crippen LogP contribution in [0.4, 0.5) is 17.5 Å². The second kappa shape index (κ2) is 5.46. The van der Waals surface area contributed by atoms with Crippen LogP contribution in [0.25, 0.3) is 11.2 Å². The van der Waals surface area contributed by atoms with E-state index in [0.29, 0.717) is 23.8 Å². The molecule has 0 unspecified atom stereocenters. The van der Waals surface area contributed by atoms with Crippen LogP contribution in [-0.4, -0.2) is 27.0 Å². The molecule has 0 aliphatic carbocycles. The molecule has 7 nitrogen and oxygen atoms in total. The van der Waals surface area contributed by atoms with Crippen LogP contribution in [0.1, 0.15) is 5.56 Å². The van der Waals surface area contributed by atoms with E-state index < -0.39 is 0 Å². The van der Waals surface area contributed by atoms with Gasteiger partial charge in [-0.1, -0.05) is 12.1 Å². The highest BCUT2D eigenvalue weighted by Gasteiger charge is 2.09. The predicted molar refractivity (Wildman–Crippen MR) is 80.3 cm³/mol. The molecule has 0 atom stereocenters. The van der Waals surface area contributed by atoms with E-state index in [9.17, 15) is 0 Å². The Kier molecular flexibility index (Phi) is 3.35. The summed E-state index contributed by atoms with van der Waals surface area (Å²) in [4.78, 5) is 15.8. The Labute approximate surface area is 121 Å². The molecule has 1 aromatic carbocycles. The molecule has 21 heavy (non-hydrogen) atoms. The maximum absolute atomic E-state index is 8.68. The third-order valence-electron chi connectivity index (χ3n) is 3.01. The van der Waals surface area contributed by atoms with E-state index >= 15 is 0 Å². The van der Waals surface area contributed by atoms with Gasteiger partial charge in [-0.3, -0.25) is 0 Å². The Morgan fingerprint density at radius 2 is 2.05 bits per heavy atom. The summed E-state index contributed by atoms with van der Waals surface area (Å²) >= 11 is 0. The third-order valence-corrected chi connectivity index (χ3v) is 3.01. The monoisotopic (exact) mass is 279 g/mol. The van der Waals surface area contributed by atoms with Gasteiger partial charge in [0.25, 0.3) is 0 Å². The van der Waals surface area contributed by atoms with Gasteiger partial charge in [-0.15, -0.1) is 0 Å². The molecule has 3 rings (SSSR count). The molecular weight excluding hydrogens is 266 g/mol. The van der Waals surface area contributed by atoms with Crippen LogP contribution in [0.2, 0.25) is 0 Å². The van der Waals surface area contributed by atoms with Gasteiger partial charge < -0.3 is 15.6 Å². The Morgan fingerprint density at radius 3 is 2.76 bits per heavy atom. The Hall–Kier alpha value is -3.14. The standard InChI is InChI=1S/C14H13N7/c1-16-14-20-12-11(17-8-18-12)13(21-14)19-10-4-2-9(3-5-10)6-7-15/h2-5,8H,6H2,1H3,(H3,16,17,18,19,20,21).